The minimum absolute atomic E-state index is 0.0608. The van der Waals surface area contributed by atoms with Crippen molar-refractivity contribution in [2.45, 2.75) is 6.61 Å². The van der Waals surface area contributed by atoms with Crippen LogP contribution in [0.25, 0.3) is 0 Å². The highest BCUT2D eigenvalue weighted by atomic mass is 35.5. The molecule has 1 radical (unpaired) electrons. The lowest BCUT2D eigenvalue weighted by Crippen LogP contribution is -2.04. The van der Waals surface area contributed by atoms with Crippen molar-refractivity contribution in [1.29, 1.82) is 0 Å². The van der Waals surface area contributed by atoms with Crippen LogP contribution in [0, 0.1) is 0 Å². The number of hydrogen-bond donors (Lipinski definition) is 0. The van der Waals surface area contributed by atoms with Crippen molar-refractivity contribution in [2.24, 2.45) is 0 Å². The van der Waals surface area contributed by atoms with Crippen molar-refractivity contribution in [2.75, 3.05) is 0 Å². The number of hydrogen-bond acceptors (Lipinski definition) is 3. The molecule has 0 aliphatic heterocycles. The van der Waals surface area contributed by atoms with Gasteiger partial charge in [-0.3, -0.25) is 4.79 Å². The monoisotopic (exact) mass is 197 g/mol. The van der Waals surface area contributed by atoms with Crippen LogP contribution in [0.4, 0.5) is 0 Å². The van der Waals surface area contributed by atoms with Crippen LogP contribution in [0.2, 0.25) is 5.02 Å². The van der Waals surface area contributed by atoms with E-state index in [2.05, 4.69) is 4.74 Å². The molecule has 0 saturated heterocycles. The highest BCUT2D eigenvalue weighted by Crippen LogP contribution is 2.09. The second kappa shape index (κ2) is 4.62. The van der Waals surface area contributed by atoms with Crippen LogP contribution in [0.15, 0.2) is 24.3 Å². The van der Waals surface area contributed by atoms with E-state index in [1.807, 2.05) is 0 Å². The molecule has 0 fully saturated rings. The van der Waals surface area contributed by atoms with Crippen LogP contribution >= 0.6 is 11.6 Å². The molecule has 0 unspecified atom stereocenters. The Balaban J connectivity index is 2.50. The summed E-state index contributed by atoms with van der Waals surface area (Å²) in [6, 6.07) is 6.77. The third-order valence-corrected chi connectivity index (χ3v) is 1.62. The van der Waals surface area contributed by atoms with Crippen LogP contribution in [-0.4, -0.2) is 12.3 Å². The number of halogens is 1. The Morgan fingerprint density at radius 2 is 2.00 bits per heavy atom. The van der Waals surface area contributed by atoms with Gasteiger partial charge in [0.15, 0.2) is 0 Å². The predicted molar refractivity (Wildman–Crippen MR) is 46.9 cm³/mol. The summed E-state index contributed by atoms with van der Waals surface area (Å²) >= 11 is 5.63. The van der Waals surface area contributed by atoms with Gasteiger partial charge in [-0.15, -0.1) is 0 Å². The molecule has 4 heteroatoms. The minimum Gasteiger partial charge on any atom is -0.455 e. The Bertz CT molecular complexity index is 305. The molecule has 0 heterocycles. The summed E-state index contributed by atoms with van der Waals surface area (Å²) in [5, 5.41) is 0.608. The largest absolute Gasteiger partial charge is 0.455 e. The summed E-state index contributed by atoms with van der Waals surface area (Å²) in [5.41, 5.74) is 0.771. The summed E-state index contributed by atoms with van der Waals surface area (Å²) in [6.45, 7) is 0.0608. The summed E-state index contributed by atoms with van der Waals surface area (Å²) in [4.78, 5) is 20.1. The van der Waals surface area contributed by atoms with Gasteiger partial charge in [0, 0.05) is 5.02 Å². The molecule has 0 bridgehead atoms. The van der Waals surface area contributed by atoms with Gasteiger partial charge >= 0.3 is 12.3 Å². The Kier molecular flexibility index (Phi) is 3.46. The van der Waals surface area contributed by atoms with Gasteiger partial charge < -0.3 is 4.74 Å². The fraction of sp³-hybridized carbons (Fsp3) is 0.111. The quantitative estimate of drug-likeness (QED) is 0.545. The van der Waals surface area contributed by atoms with Gasteiger partial charge in [-0.25, -0.2) is 4.79 Å². The molecule has 0 amide bonds. The first-order valence-corrected chi connectivity index (χ1v) is 3.89. The normalized spacial score (nSPS) is 9.31. The molecule has 0 N–H and O–H groups in total. The fourth-order valence-electron chi connectivity index (χ4n) is 0.759. The van der Waals surface area contributed by atoms with Crippen LogP contribution in [0.3, 0.4) is 0 Å². The maximum Gasteiger partial charge on any atom is 0.383 e. The maximum absolute atomic E-state index is 10.4. The summed E-state index contributed by atoms with van der Waals surface area (Å²) < 4.78 is 4.51. The van der Waals surface area contributed by atoms with Gasteiger partial charge in [0.2, 0.25) is 0 Å². The first kappa shape index (κ1) is 9.74. The summed E-state index contributed by atoms with van der Waals surface area (Å²) in [5.74, 6) is -0.991. The topological polar surface area (TPSA) is 43.4 Å². The van der Waals surface area contributed by atoms with Crippen molar-refractivity contribution >= 4 is 23.9 Å². The highest BCUT2D eigenvalue weighted by molar-refractivity contribution is 6.30. The van der Waals surface area contributed by atoms with Crippen LogP contribution in [0.1, 0.15) is 5.56 Å². The first-order valence-electron chi connectivity index (χ1n) is 3.51. The molecule has 0 aliphatic carbocycles. The van der Waals surface area contributed by atoms with E-state index in [0.29, 0.717) is 5.02 Å². The SMILES string of the molecule is O=[C]C(=O)OCc1ccc(Cl)cc1. The number of carbonyl (C=O) groups excluding carboxylic acids is 2. The molecule has 0 aliphatic rings. The third kappa shape index (κ3) is 3.25. The van der Waals surface area contributed by atoms with Crippen molar-refractivity contribution in [3.05, 3.63) is 34.9 Å². The second-order valence-corrected chi connectivity index (χ2v) is 2.74. The molecule has 1 aromatic carbocycles. The van der Waals surface area contributed by atoms with Gasteiger partial charge in [0.1, 0.15) is 6.61 Å². The predicted octanol–water partition coefficient (Wildman–Crippen LogP) is 1.49. The summed E-state index contributed by atoms with van der Waals surface area (Å²) in [6.07, 6.45) is 1.11. The first-order chi connectivity index (χ1) is 6.22. The molecule has 1 rings (SSSR count). The van der Waals surface area contributed by atoms with Crippen molar-refractivity contribution < 1.29 is 14.3 Å². The molecule has 0 atom stereocenters. The Morgan fingerprint density at radius 1 is 1.38 bits per heavy atom. The van der Waals surface area contributed by atoms with Gasteiger partial charge in [-0.1, -0.05) is 23.7 Å². The molecule has 0 saturated carbocycles. The molecular formula is C9H6ClO3. The standard InChI is InChI=1S/C9H6ClO3/c10-8-3-1-7(2-4-8)6-13-9(12)5-11/h1-4H,6H2. The van der Waals surface area contributed by atoms with Gasteiger partial charge in [-0.05, 0) is 17.7 Å². The van der Waals surface area contributed by atoms with E-state index in [9.17, 15) is 9.59 Å². The van der Waals surface area contributed by atoms with Crippen LogP contribution in [-0.2, 0) is 20.9 Å². The van der Waals surface area contributed by atoms with Crippen LogP contribution < -0.4 is 0 Å². The number of benzene rings is 1. The molecule has 1 aromatic rings. The minimum atomic E-state index is -0.991. The molecule has 0 aromatic heterocycles. The highest BCUT2D eigenvalue weighted by Gasteiger charge is 2.00. The smallest absolute Gasteiger partial charge is 0.383 e. The molecular weight excluding hydrogens is 192 g/mol. The van der Waals surface area contributed by atoms with E-state index in [1.54, 1.807) is 24.3 Å². The Labute approximate surface area is 80.3 Å². The van der Waals surface area contributed by atoms with Gasteiger partial charge in [0.25, 0.3) is 0 Å². The second-order valence-electron chi connectivity index (χ2n) is 2.30. The lowest BCUT2D eigenvalue weighted by Gasteiger charge is -2.00. The van der Waals surface area contributed by atoms with Crippen molar-refractivity contribution in [3.63, 3.8) is 0 Å². The van der Waals surface area contributed by atoms with E-state index in [1.165, 1.54) is 0 Å². The van der Waals surface area contributed by atoms with E-state index < -0.39 is 5.97 Å². The van der Waals surface area contributed by atoms with Gasteiger partial charge in [-0.2, -0.15) is 0 Å². The van der Waals surface area contributed by atoms with Crippen molar-refractivity contribution in [1.82, 2.24) is 0 Å². The lowest BCUT2D eigenvalue weighted by atomic mass is 10.2. The molecule has 3 nitrogen and oxygen atoms in total. The van der Waals surface area contributed by atoms with Crippen molar-refractivity contribution in [3.8, 4) is 0 Å². The van der Waals surface area contributed by atoms with E-state index in [4.69, 9.17) is 11.6 Å². The zero-order valence-electron chi connectivity index (χ0n) is 6.62. The average molecular weight is 198 g/mol. The number of esters is 1. The van der Waals surface area contributed by atoms with E-state index in [-0.39, 0.29) is 6.61 Å². The third-order valence-electron chi connectivity index (χ3n) is 1.37. The number of carbonyl (C=O) groups is 1. The molecule has 0 spiro atoms. The zero-order chi connectivity index (χ0) is 9.68. The average Bonchev–Trinajstić information content (AvgIpc) is 2.16. The number of ether oxygens (including phenoxy) is 1. The summed E-state index contributed by atoms with van der Waals surface area (Å²) in [7, 11) is 0. The number of rotatable bonds is 3. The Hall–Kier alpha value is -1.35. The van der Waals surface area contributed by atoms with Crippen LogP contribution in [0.5, 0.6) is 0 Å². The zero-order valence-corrected chi connectivity index (χ0v) is 7.38. The Morgan fingerprint density at radius 3 is 2.54 bits per heavy atom. The molecule has 13 heavy (non-hydrogen) atoms. The fourth-order valence-corrected chi connectivity index (χ4v) is 0.885. The lowest BCUT2D eigenvalue weighted by molar-refractivity contribution is -0.136. The maximum atomic E-state index is 10.4. The molecule has 67 valence electrons. The van der Waals surface area contributed by atoms with E-state index >= 15 is 0 Å². The van der Waals surface area contributed by atoms with Gasteiger partial charge in [0.05, 0.1) is 0 Å². The van der Waals surface area contributed by atoms with E-state index in [0.717, 1.165) is 11.8 Å².